The van der Waals surface area contributed by atoms with E-state index in [0.29, 0.717) is 44.6 Å². The Hall–Kier alpha value is -2.78. The van der Waals surface area contributed by atoms with Gasteiger partial charge in [0.05, 0.1) is 43.9 Å². The second kappa shape index (κ2) is 16.0. The molecule has 268 valence electrons. The summed E-state index contributed by atoms with van der Waals surface area (Å²) < 4.78 is 48.5. The summed E-state index contributed by atoms with van der Waals surface area (Å²) >= 11 is -1.33. The van der Waals surface area contributed by atoms with E-state index in [1.807, 2.05) is 46.0 Å². The van der Waals surface area contributed by atoms with E-state index in [1.54, 1.807) is 19.6 Å². The molecule has 0 spiro atoms. The standard InChI is InChI=1S/C36H53N5O6SSi/c1-26-13-14-27-22-28(32(43-5)23-30(27)39-26)31-24-38-33(41(31)25-44-20-21-49(6,7)8)29(40-48(42)35(2,3)4)12-10-9-11-15-36(46-18-19-47-36)34-37-16-17-45-34/h13-14,16-17,22-24,29,40H,9-12,15,18-21,25H2,1-8H3. The van der Waals surface area contributed by atoms with Crippen LogP contribution in [0.25, 0.3) is 22.2 Å². The number of pyridine rings is 1. The number of methoxy groups -OCH3 is 1. The third kappa shape index (κ3) is 9.51. The predicted molar refractivity (Wildman–Crippen MR) is 195 cm³/mol. The number of aromatic nitrogens is 4. The molecular weight excluding hydrogens is 659 g/mol. The average Bonchev–Trinajstić information content (AvgIpc) is 3.83. The molecule has 2 unspecified atom stereocenters. The normalized spacial score (nSPS) is 16.3. The zero-order valence-corrected chi connectivity index (χ0v) is 32.2. The number of oxazole rings is 1. The highest BCUT2D eigenvalue weighted by Gasteiger charge is 2.42. The number of rotatable bonds is 17. The lowest BCUT2D eigenvalue weighted by atomic mass is 10.0. The van der Waals surface area contributed by atoms with E-state index in [4.69, 9.17) is 33.3 Å². The zero-order chi connectivity index (χ0) is 35.2. The smallest absolute Gasteiger partial charge is 0.255 e. The molecule has 13 heteroatoms. The van der Waals surface area contributed by atoms with Gasteiger partial charge in [-0.2, -0.15) is 0 Å². The molecule has 0 bridgehead atoms. The van der Waals surface area contributed by atoms with Crippen molar-refractivity contribution >= 4 is 30.3 Å². The molecule has 1 aromatic carbocycles. The summed E-state index contributed by atoms with van der Waals surface area (Å²) in [5, 5.41) is 1.01. The molecule has 3 aromatic heterocycles. The van der Waals surface area contributed by atoms with Gasteiger partial charge in [-0.15, -0.1) is 4.72 Å². The quantitative estimate of drug-likeness (QED) is 0.0662. The first-order chi connectivity index (χ1) is 23.3. The van der Waals surface area contributed by atoms with Gasteiger partial charge in [-0.1, -0.05) is 38.5 Å². The topological polar surface area (TPSA) is 129 Å². The number of aryl methyl sites for hydroxylation is 1. The monoisotopic (exact) mass is 711 g/mol. The summed E-state index contributed by atoms with van der Waals surface area (Å²) in [7, 11) is 0.377. The van der Waals surface area contributed by atoms with Crippen LogP contribution in [-0.4, -0.2) is 63.8 Å². The molecule has 4 heterocycles. The number of ether oxygens (including phenoxy) is 4. The summed E-state index contributed by atoms with van der Waals surface area (Å²) in [4.78, 5) is 14.0. The second-order valence-corrected chi connectivity index (χ2v) is 22.5. The van der Waals surface area contributed by atoms with Crippen molar-refractivity contribution in [1.29, 1.82) is 0 Å². The van der Waals surface area contributed by atoms with Crippen LogP contribution in [-0.2, 0) is 38.1 Å². The SMILES string of the molecule is COc1cc2nc(C)ccc2cc1-c1cnc(C(CCCCCC2(c3ncco3)OCCO2)N[S+]([O-])C(C)(C)C)n1COCC[Si](C)(C)C. The van der Waals surface area contributed by atoms with Gasteiger partial charge in [0.15, 0.2) is 0 Å². The highest BCUT2D eigenvalue weighted by Crippen LogP contribution is 2.38. The van der Waals surface area contributed by atoms with E-state index in [9.17, 15) is 4.55 Å². The fourth-order valence-electron chi connectivity index (χ4n) is 5.85. The van der Waals surface area contributed by atoms with Crippen LogP contribution >= 0.6 is 0 Å². The van der Waals surface area contributed by atoms with E-state index >= 15 is 0 Å². The van der Waals surface area contributed by atoms with E-state index in [2.05, 4.69) is 46.0 Å². The lowest BCUT2D eigenvalue weighted by Crippen LogP contribution is -2.42. The van der Waals surface area contributed by atoms with Crippen LogP contribution in [0.3, 0.4) is 0 Å². The van der Waals surface area contributed by atoms with Crippen molar-refractivity contribution in [2.75, 3.05) is 26.9 Å². The van der Waals surface area contributed by atoms with Gasteiger partial charge in [-0.25, -0.2) is 9.97 Å². The fraction of sp³-hybridized carbons (Fsp3) is 0.583. The van der Waals surface area contributed by atoms with Crippen LogP contribution in [0.5, 0.6) is 5.75 Å². The van der Waals surface area contributed by atoms with E-state index in [0.717, 1.165) is 65.4 Å². The Morgan fingerprint density at radius 3 is 2.55 bits per heavy atom. The van der Waals surface area contributed by atoms with Crippen molar-refractivity contribution in [1.82, 2.24) is 24.2 Å². The predicted octanol–water partition coefficient (Wildman–Crippen LogP) is 7.66. The van der Waals surface area contributed by atoms with Crippen LogP contribution in [0.15, 0.2) is 47.3 Å². The summed E-state index contributed by atoms with van der Waals surface area (Å²) in [6, 6.07) is 8.94. The van der Waals surface area contributed by atoms with Gasteiger partial charge in [0.25, 0.3) is 5.89 Å². The molecule has 1 saturated heterocycles. The van der Waals surface area contributed by atoms with Gasteiger partial charge in [-0.3, -0.25) is 4.98 Å². The third-order valence-corrected chi connectivity index (χ3v) is 12.0. The van der Waals surface area contributed by atoms with E-state index < -0.39 is 30.0 Å². The number of benzene rings is 1. The Morgan fingerprint density at radius 2 is 1.88 bits per heavy atom. The average molecular weight is 712 g/mol. The molecular formula is C36H53N5O6SSi. The fourth-order valence-corrected chi connectivity index (χ4v) is 7.44. The second-order valence-electron chi connectivity index (χ2n) is 14.9. The molecule has 1 aliphatic rings. The number of fused-ring (bicyclic) bond motifs is 1. The molecule has 0 aliphatic carbocycles. The molecule has 0 saturated carbocycles. The maximum atomic E-state index is 13.6. The molecule has 5 rings (SSSR count). The Morgan fingerprint density at radius 1 is 1.10 bits per heavy atom. The number of imidazole rings is 1. The number of nitrogens with one attached hydrogen (secondary N) is 1. The maximum Gasteiger partial charge on any atom is 0.255 e. The Kier molecular flexibility index (Phi) is 12.3. The molecule has 1 fully saturated rings. The minimum Gasteiger partial charge on any atom is -0.598 e. The molecule has 4 aromatic rings. The highest BCUT2D eigenvalue weighted by atomic mass is 32.2. The maximum absolute atomic E-state index is 13.6. The molecule has 11 nitrogen and oxygen atoms in total. The van der Waals surface area contributed by atoms with Crippen molar-refractivity contribution in [3.63, 3.8) is 0 Å². The summed E-state index contributed by atoms with van der Waals surface area (Å²) in [5.41, 5.74) is 3.59. The van der Waals surface area contributed by atoms with Crippen LogP contribution < -0.4 is 9.46 Å². The van der Waals surface area contributed by atoms with Crippen molar-refractivity contribution in [2.24, 2.45) is 0 Å². The van der Waals surface area contributed by atoms with Crippen LogP contribution in [0.1, 0.15) is 76.3 Å². The first kappa shape index (κ1) is 37.5. The van der Waals surface area contributed by atoms with E-state index in [-0.39, 0.29) is 6.04 Å². The lowest BCUT2D eigenvalue weighted by molar-refractivity contribution is -0.187. The van der Waals surface area contributed by atoms with Crippen molar-refractivity contribution in [2.45, 2.75) is 109 Å². The Balaban J connectivity index is 1.42. The van der Waals surface area contributed by atoms with Crippen LogP contribution in [0.4, 0.5) is 0 Å². The number of hydrogen-bond donors (Lipinski definition) is 1. The first-order valence-electron chi connectivity index (χ1n) is 17.2. The summed E-state index contributed by atoms with van der Waals surface area (Å²) in [6.45, 7) is 16.9. The lowest BCUT2D eigenvalue weighted by Gasteiger charge is -2.28. The van der Waals surface area contributed by atoms with Crippen LogP contribution in [0.2, 0.25) is 25.7 Å². The molecule has 2 atom stereocenters. The number of nitrogens with zero attached hydrogens (tertiary/aromatic N) is 4. The first-order valence-corrected chi connectivity index (χ1v) is 22.1. The van der Waals surface area contributed by atoms with Gasteiger partial charge in [0.1, 0.15) is 35.4 Å². The van der Waals surface area contributed by atoms with Crippen molar-refractivity contribution in [3.8, 4) is 17.0 Å². The zero-order valence-electron chi connectivity index (χ0n) is 30.3. The molecule has 49 heavy (non-hydrogen) atoms. The summed E-state index contributed by atoms with van der Waals surface area (Å²) in [5.74, 6) is 1.02. The van der Waals surface area contributed by atoms with Gasteiger partial charge in [-0.05, 0) is 58.7 Å². The molecule has 1 aliphatic heterocycles. The molecule has 0 radical (unpaired) electrons. The Bertz CT molecular complexity index is 1650. The largest absolute Gasteiger partial charge is 0.598 e. The van der Waals surface area contributed by atoms with E-state index in [1.165, 1.54) is 0 Å². The number of hydrogen-bond acceptors (Lipinski definition) is 10. The number of unbranched alkanes of at least 4 members (excludes halogenated alkanes) is 2. The third-order valence-electron chi connectivity index (χ3n) is 8.66. The Labute approximate surface area is 294 Å². The van der Waals surface area contributed by atoms with Crippen LogP contribution in [0, 0.1) is 6.92 Å². The van der Waals surface area contributed by atoms with Gasteiger partial charge in [0, 0.05) is 55.2 Å². The minimum absolute atomic E-state index is 0.287. The highest BCUT2D eigenvalue weighted by molar-refractivity contribution is 7.90. The van der Waals surface area contributed by atoms with Crippen molar-refractivity contribution < 1.29 is 27.9 Å². The minimum atomic E-state index is -1.33. The van der Waals surface area contributed by atoms with Gasteiger partial charge < -0.3 is 32.5 Å². The summed E-state index contributed by atoms with van der Waals surface area (Å²) in [6.07, 6.45) is 9.02. The molecule has 0 amide bonds. The van der Waals surface area contributed by atoms with Crippen molar-refractivity contribution in [3.05, 3.63) is 60.3 Å². The van der Waals surface area contributed by atoms with Gasteiger partial charge >= 0.3 is 0 Å². The van der Waals surface area contributed by atoms with Gasteiger partial charge in [0.2, 0.25) is 5.79 Å². The molecule has 1 N–H and O–H groups in total.